The van der Waals surface area contributed by atoms with Gasteiger partial charge in [0, 0.05) is 58.7 Å². The zero-order valence-corrected chi connectivity index (χ0v) is 50.9. The Bertz CT molecular complexity index is 3590. The van der Waals surface area contributed by atoms with Gasteiger partial charge in [0.2, 0.25) is 0 Å². The summed E-state index contributed by atoms with van der Waals surface area (Å²) >= 11 is 7.25. The molecule has 1 amide bonds. The Labute approximate surface area is 504 Å². The van der Waals surface area contributed by atoms with E-state index in [0.717, 1.165) is 45.1 Å². The molecule has 6 aromatic rings. The van der Waals surface area contributed by atoms with Crippen LogP contribution in [0.25, 0.3) is 6.08 Å². The standard InChI is InChI=1S/C68H70ClNO14S/c1-39-32-57-51(35-55(39)78-9)66(3,4)37-68(83-57)38-67(5,6)52-36-56(40(2)33-58(52)84-68)82-65(76)45-16-14-44(15-17-45)64(75)81-54-29-27-50(34-46(54)20-28-53(71)59-30-31-60(69)85-59)80-63(74)43-12-10-42(11-13-43)62(73)79-49-25-21-47(22-26-49)70(7)61(72)41-18-23-48(77-8)24-19-41/h18-36,42-45H,10-17,37-38H2,1-9H3/b28-20+. The van der Waals surface area contributed by atoms with E-state index in [9.17, 15) is 28.8 Å². The number of thiophene rings is 1. The molecule has 1 aromatic heterocycles. The number of fused-ring (bicyclic) bond motifs is 2. The summed E-state index contributed by atoms with van der Waals surface area (Å²) in [6.45, 7) is 12.6. The fourth-order valence-corrected chi connectivity index (χ4v) is 13.2. The summed E-state index contributed by atoms with van der Waals surface area (Å²) in [5, 5.41) is 0. The Balaban J connectivity index is 0.734. The molecule has 0 radical (unpaired) electrons. The maximum absolute atomic E-state index is 13.9. The molecule has 17 heteroatoms. The molecule has 444 valence electrons. The first-order chi connectivity index (χ1) is 40.5. The minimum Gasteiger partial charge on any atom is -0.497 e. The minimum absolute atomic E-state index is 0.155. The Kier molecular flexibility index (Phi) is 17.4. The lowest BCUT2D eigenvalue weighted by molar-refractivity contribution is -0.166. The summed E-state index contributed by atoms with van der Waals surface area (Å²) in [7, 11) is 4.90. The summed E-state index contributed by atoms with van der Waals surface area (Å²) in [4.78, 5) is 82.9. The third-order valence-electron chi connectivity index (χ3n) is 17.0. The van der Waals surface area contributed by atoms with Crippen molar-refractivity contribution >= 4 is 70.3 Å². The molecule has 4 aliphatic rings. The predicted molar refractivity (Wildman–Crippen MR) is 323 cm³/mol. The molecule has 10 rings (SSSR count). The van der Waals surface area contributed by atoms with Gasteiger partial charge in [0.25, 0.3) is 11.7 Å². The summed E-state index contributed by atoms with van der Waals surface area (Å²) in [5.74, 6) is -1.02. The van der Waals surface area contributed by atoms with Crippen LogP contribution in [0.15, 0.2) is 109 Å². The molecule has 0 bridgehead atoms. The van der Waals surface area contributed by atoms with Crippen LogP contribution in [0.4, 0.5) is 5.69 Å². The van der Waals surface area contributed by atoms with Gasteiger partial charge in [0.05, 0.1) is 47.1 Å². The van der Waals surface area contributed by atoms with E-state index in [1.54, 1.807) is 81.9 Å². The van der Waals surface area contributed by atoms with Crippen molar-refractivity contribution in [2.24, 2.45) is 23.7 Å². The second-order valence-corrected chi connectivity index (χ2v) is 25.8. The van der Waals surface area contributed by atoms with Crippen LogP contribution in [-0.2, 0) is 30.0 Å². The summed E-state index contributed by atoms with van der Waals surface area (Å²) in [6.07, 6.45) is 7.21. The Morgan fingerprint density at radius 3 is 1.53 bits per heavy atom. The van der Waals surface area contributed by atoms with Crippen LogP contribution in [0.3, 0.4) is 0 Å². The normalized spacial score (nSPS) is 21.0. The van der Waals surface area contributed by atoms with Gasteiger partial charge in [-0.2, -0.15) is 0 Å². The third-order valence-corrected chi connectivity index (χ3v) is 18.2. The SMILES string of the molecule is COc1ccc(C(=O)N(C)c2ccc(OC(=O)C3CCC(C(=O)Oc4ccc(OC(=O)C5CCC(C(=O)Oc6cc7c(cc6C)OC6(CC(C)(C)c8cc(OC)c(C)cc8O6)CC7(C)C)CC5)c(/C=C/C(=O)c5ccc(Cl)s5)c4)CC3)cc2)cc1. The summed E-state index contributed by atoms with van der Waals surface area (Å²) in [6, 6.07) is 29.3. The number of nitrogens with zero attached hydrogens (tertiary/aromatic N) is 1. The zero-order chi connectivity index (χ0) is 60.5. The first kappa shape index (κ1) is 60.2. The van der Waals surface area contributed by atoms with E-state index in [1.807, 2.05) is 32.0 Å². The van der Waals surface area contributed by atoms with E-state index in [0.29, 0.717) is 113 Å². The van der Waals surface area contributed by atoms with Crippen molar-refractivity contribution in [3.05, 3.63) is 152 Å². The number of ether oxygens (including phenoxy) is 8. The summed E-state index contributed by atoms with van der Waals surface area (Å²) in [5.41, 5.74) is 4.46. The number of carbonyl (C=O) groups is 6. The monoisotopic (exact) mass is 1190 g/mol. The quantitative estimate of drug-likeness (QED) is 0.0410. The molecule has 2 aliphatic heterocycles. The lowest BCUT2D eigenvalue weighted by atomic mass is 9.69. The number of halogens is 1. The number of anilines is 1. The van der Waals surface area contributed by atoms with Gasteiger partial charge in [-0.25, -0.2) is 0 Å². The zero-order valence-electron chi connectivity index (χ0n) is 49.3. The smallest absolute Gasteiger partial charge is 0.314 e. The molecule has 1 unspecified atom stereocenters. The highest BCUT2D eigenvalue weighted by Crippen LogP contribution is 2.55. The van der Waals surface area contributed by atoms with Gasteiger partial charge in [0.1, 0.15) is 46.0 Å². The van der Waals surface area contributed by atoms with Crippen LogP contribution in [-0.4, -0.2) is 62.6 Å². The lowest BCUT2D eigenvalue weighted by Crippen LogP contribution is -2.55. The van der Waals surface area contributed by atoms with Crippen LogP contribution in [0.5, 0.6) is 46.0 Å². The highest BCUT2D eigenvalue weighted by molar-refractivity contribution is 7.18. The van der Waals surface area contributed by atoms with Crippen molar-refractivity contribution < 1.29 is 66.7 Å². The molecule has 0 N–H and O–H groups in total. The van der Waals surface area contributed by atoms with Crippen molar-refractivity contribution in [1.82, 2.24) is 0 Å². The van der Waals surface area contributed by atoms with Crippen LogP contribution < -0.4 is 42.8 Å². The Morgan fingerprint density at radius 2 is 1.02 bits per heavy atom. The maximum Gasteiger partial charge on any atom is 0.314 e. The first-order valence-corrected chi connectivity index (χ1v) is 29.9. The molecule has 2 aliphatic carbocycles. The number of ketones is 1. The van der Waals surface area contributed by atoms with E-state index < -0.39 is 52.8 Å². The Hall–Kier alpha value is -7.95. The van der Waals surface area contributed by atoms with Gasteiger partial charge in [-0.05, 0) is 192 Å². The molecule has 2 saturated carbocycles. The number of rotatable bonds is 15. The molecular formula is C68H70ClNO14S. The van der Waals surface area contributed by atoms with Gasteiger partial charge < -0.3 is 42.8 Å². The topological polar surface area (TPSA) is 179 Å². The largest absolute Gasteiger partial charge is 0.497 e. The van der Waals surface area contributed by atoms with Gasteiger partial charge in [-0.3, -0.25) is 28.8 Å². The van der Waals surface area contributed by atoms with Crippen LogP contribution in [0.1, 0.15) is 140 Å². The van der Waals surface area contributed by atoms with Crippen molar-refractivity contribution in [3.8, 4) is 46.0 Å². The fourth-order valence-electron chi connectivity index (χ4n) is 12.2. The average molecular weight is 1190 g/mol. The molecule has 1 spiro atoms. The first-order valence-electron chi connectivity index (χ1n) is 28.7. The van der Waals surface area contributed by atoms with E-state index in [4.69, 9.17) is 49.5 Å². The number of carbonyl (C=O) groups excluding carboxylic acids is 6. The van der Waals surface area contributed by atoms with Crippen molar-refractivity contribution in [2.75, 3.05) is 26.2 Å². The number of aryl methyl sites for hydroxylation is 2. The van der Waals surface area contributed by atoms with Gasteiger partial charge in [-0.1, -0.05) is 39.3 Å². The average Bonchev–Trinajstić information content (AvgIpc) is 1.16. The van der Waals surface area contributed by atoms with Crippen molar-refractivity contribution in [1.29, 1.82) is 0 Å². The summed E-state index contributed by atoms with van der Waals surface area (Å²) < 4.78 is 48.8. The van der Waals surface area contributed by atoms with Crippen LogP contribution in [0, 0.1) is 37.5 Å². The fraction of sp³-hybridized carbons (Fsp3) is 0.382. The van der Waals surface area contributed by atoms with E-state index in [1.165, 1.54) is 35.3 Å². The minimum atomic E-state index is -0.917. The van der Waals surface area contributed by atoms with Crippen molar-refractivity contribution in [3.63, 3.8) is 0 Å². The lowest BCUT2D eigenvalue weighted by Gasteiger charge is -2.51. The van der Waals surface area contributed by atoms with E-state index >= 15 is 0 Å². The number of amides is 1. The number of methoxy groups -OCH3 is 2. The number of hydrogen-bond acceptors (Lipinski definition) is 15. The number of benzene rings is 5. The molecule has 85 heavy (non-hydrogen) atoms. The van der Waals surface area contributed by atoms with Gasteiger partial charge in [0.15, 0.2) is 5.78 Å². The van der Waals surface area contributed by atoms with Crippen molar-refractivity contribution in [2.45, 2.75) is 122 Å². The van der Waals surface area contributed by atoms with Gasteiger partial charge >= 0.3 is 23.9 Å². The third kappa shape index (κ3) is 13.3. The van der Waals surface area contributed by atoms with Gasteiger partial charge in [-0.15, -0.1) is 11.3 Å². The highest BCUT2D eigenvalue weighted by Gasteiger charge is 2.54. The number of esters is 4. The molecule has 2 fully saturated rings. The number of allylic oxidation sites excluding steroid dienone is 1. The van der Waals surface area contributed by atoms with E-state index in [-0.39, 0.29) is 34.6 Å². The second kappa shape index (κ2) is 24.6. The number of hydrogen-bond donors (Lipinski definition) is 0. The van der Waals surface area contributed by atoms with Crippen LogP contribution >= 0.6 is 22.9 Å². The molecular weight excluding hydrogens is 1120 g/mol. The van der Waals surface area contributed by atoms with E-state index in [2.05, 4.69) is 33.8 Å². The molecule has 5 aromatic carbocycles. The highest BCUT2D eigenvalue weighted by atomic mass is 35.5. The molecule has 0 saturated heterocycles. The van der Waals surface area contributed by atoms with Crippen LogP contribution in [0.2, 0.25) is 4.34 Å². The second-order valence-electron chi connectivity index (χ2n) is 24.0. The predicted octanol–water partition coefficient (Wildman–Crippen LogP) is 14.4. The Morgan fingerprint density at radius 1 is 0.553 bits per heavy atom. The molecule has 3 heterocycles. The maximum atomic E-state index is 13.9. The molecule has 1 atom stereocenters. The molecule has 15 nitrogen and oxygen atoms in total.